The Kier molecular flexibility index (Phi) is 4.18. The van der Waals surface area contributed by atoms with E-state index in [0.29, 0.717) is 6.61 Å². The van der Waals surface area contributed by atoms with E-state index in [9.17, 15) is 4.79 Å². The van der Waals surface area contributed by atoms with E-state index < -0.39 is 0 Å². The van der Waals surface area contributed by atoms with Gasteiger partial charge in [0.2, 0.25) is 0 Å². The summed E-state index contributed by atoms with van der Waals surface area (Å²) >= 11 is 0. The van der Waals surface area contributed by atoms with Crippen LogP contribution in [0.3, 0.4) is 0 Å². The molecule has 1 unspecified atom stereocenters. The summed E-state index contributed by atoms with van der Waals surface area (Å²) in [5.41, 5.74) is 4.29. The van der Waals surface area contributed by atoms with Crippen molar-refractivity contribution < 1.29 is 14.3 Å². The maximum atomic E-state index is 12.8. The van der Waals surface area contributed by atoms with Gasteiger partial charge in [-0.05, 0) is 48.6 Å². The molecule has 1 aliphatic rings. The second-order valence-corrected chi connectivity index (χ2v) is 6.47. The Hall–Kier alpha value is -2.75. The number of nitrogens with one attached hydrogen (secondary N) is 1. The molecule has 0 aliphatic heterocycles. The number of carbonyl (C=O) groups is 1. The molecule has 1 aromatic heterocycles. The standard InChI is InChI=1S/C21H21NO3/c1-24-15-10-11-18-17(12-15)20-16(8-5-9-19(20)22-18)21(23)25-13-14-6-3-2-4-7-14/h2-4,6-7,10-12,16,22H,5,8-9,13H2,1H3. The van der Waals surface area contributed by atoms with Crippen LogP contribution in [0.5, 0.6) is 5.75 Å². The van der Waals surface area contributed by atoms with Gasteiger partial charge in [0.25, 0.3) is 0 Å². The molecule has 0 saturated carbocycles. The minimum atomic E-state index is -0.215. The Morgan fingerprint density at radius 2 is 2.04 bits per heavy atom. The molecule has 4 nitrogen and oxygen atoms in total. The molecule has 3 aromatic rings. The third kappa shape index (κ3) is 3.00. The summed E-state index contributed by atoms with van der Waals surface area (Å²) < 4.78 is 11.0. The van der Waals surface area contributed by atoms with E-state index >= 15 is 0 Å². The van der Waals surface area contributed by atoms with Crippen molar-refractivity contribution in [2.45, 2.75) is 31.8 Å². The van der Waals surface area contributed by atoms with Gasteiger partial charge in [-0.25, -0.2) is 0 Å². The molecule has 0 radical (unpaired) electrons. The van der Waals surface area contributed by atoms with E-state index in [1.165, 1.54) is 0 Å². The van der Waals surface area contributed by atoms with E-state index in [4.69, 9.17) is 9.47 Å². The number of methoxy groups -OCH3 is 1. The molecule has 0 fully saturated rings. The fraction of sp³-hybridized carbons (Fsp3) is 0.286. The Morgan fingerprint density at radius 3 is 2.84 bits per heavy atom. The third-order valence-corrected chi connectivity index (χ3v) is 4.90. The van der Waals surface area contributed by atoms with Crippen molar-refractivity contribution >= 4 is 16.9 Å². The van der Waals surface area contributed by atoms with E-state index in [-0.39, 0.29) is 11.9 Å². The Balaban J connectivity index is 1.63. The quantitative estimate of drug-likeness (QED) is 0.722. The maximum Gasteiger partial charge on any atom is 0.313 e. The minimum Gasteiger partial charge on any atom is -0.497 e. The van der Waals surface area contributed by atoms with Crippen LogP contribution in [0.2, 0.25) is 0 Å². The number of ether oxygens (including phenoxy) is 2. The maximum absolute atomic E-state index is 12.8. The number of aromatic nitrogens is 1. The van der Waals surface area contributed by atoms with Crippen molar-refractivity contribution in [2.24, 2.45) is 0 Å². The Labute approximate surface area is 146 Å². The SMILES string of the molecule is COc1ccc2[nH]c3c(c2c1)C(C(=O)OCc1ccccc1)CCC3. The molecule has 0 amide bonds. The molecule has 25 heavy (non-hydrogen) atoms. The van der Waals surface area contributed by atoms with Gasteiger partial charge in [-0.3, -0.25) is 4.79 Å². The molecule has 0 saturated heterocycles. The number of aryl methyl sites for hydroxylation is 1. The summed E-state index contributed by atoms with van der Waals surface area (Å²) in [4.78, 5) is 16.2. The van der Waals surface area contributed by atoms with Crippen molar-refractivity contribution in [2.75, 3.05) is 7.11 Å². The zero-order chi connectivity index (χ0) is 17.2. The van der Waals surface area contributed by atoms with E-state index in [0.717, 1.165) is 52.7 Å². The van der Waals surface area contributed by atoms with Crippen LogP contribution in [0.25, 0.3) is 10.9 Å². The summed E-state index contributed by atoms with van der Waals surface area (Å²) in [5, 5.41) is 1.07. The van der Waals surface area contributed by atoms with Crippen LogP contribution in [-0.4, -0.2) is 18.1 Å². The second kappa shape index (κ2) is 6.63. The number of hydrogen-bond donors (Lipinski definition) is 1. The number of rotatable bonds is 4. The summed E-state index contributed by atoms with van der Waals surface area (Å²) in [7, 11) is 1.66. The summed E-state index contributed by atoms with van der Waals surface area (Å²) in [5.74, 6) is 0.443. The molecular weight excluding hydrogens is 314 g/mol. The van der Waals surface area contributed by atoms with Gasteiger partial charge in [-0.2, -0.15) is 0 Å². The summed E-state index contributed by atoms with van der Waals surface area (Å²) in [6, 6.07) is 15.8. The van der Waals surface area contributed by atoms with Gasteiger partial charge in [-0.1, -0.05) is 30.3 Å². The highest BCUT2D eigenvalue weighted by Gasteiger charge is 2.31. The monoisotopic (exact) mass is 335 g/mol. The number of H-pyrrole nitrogens is 1. The summed E-state index contributed by atoms with van der Waals surface area (Å²) in [6.45, 7) is 0.317. The number of hydrogen-bond acceptors (Lipinski definition) is 3. The van der Waals surface area contributed by atoms with Crippen molar-refractivity contribution in [1.29, 1.82) is 0 Å². The van der Waals surface area contributed by atoms with E-state index in [2.05, 4.69) is 4.98 Å². The average molecular weight is 335 g/mol. The summed E-state index contributed by atoms with van der Waals surface area (Å²) in [6.07, 6.45) is 2.78. The lowest BCUT2D eigenvalue weighted by Crippen LogP contribution is -2.20. The zero-order valence-corrected chi connectivity index (χ0v) is 14.2. The lowest BCUT2D eigenvalue weighted by atomic mass is 9.85. The number of aromatic amines is 1. The molecular formula is C21H21NO3. The highest BCUT2D eigenvalue weighted by atomic mass is 16.5. The van der Waals surface area contributed by atoms with Crippen molar-refractivity contribution in [3.63, 3.8) is 0 Å². The van der Waals surface area contributed by atoms with Crippen LogP contribution in [0, 0.1) is 0 Å². The minimum absolute atomic E-state index is 0.145. The van der Waals surface area contributed by atoms with Crippen molar-refractivity contribution in [3.8, 4) is 5.75 Å². The van der Waals surface area contributed by atoms with Gasteiger partial charge >= 0.3 is 5.97 Å². The second-order valence-electron chi connectivity index (χ2n) is 6.47. The predicted molar refractivity (Wildman–Crippen MR) is 96.8 cm³/mol. The number of benzene rings is 2. The Morgan fingerprint density at radius 1 is 1.20 bits per heavy atom. The largest absolute Gasteiger partial charge is 0.497 e. The number of esters is 1. The molecule has 1 atom stereocenters. The van der Waals surface area contributed by atoms with Crippen LogP contribution in [0.4, 0.5) is 0 Å². The van der Waals surface area contributed by atoms with Crippen LogP contribution in [0.1, 0.15) is 35.6 Å². The average Bonchev–Trinajstić information content (AvgIpc) is 3.04. The van der Waals surface area contributed by atoms with E-state index in [1.807, 2.05) is 48.5 Å². The van der Waals surface area contributed by atoms with Gasteiger partial charge in [0.15, 0.2) is 0 Å². The fourth-order valence-electron chi connectivity index (χ4n) is 3.66. The number of carbonyl (C=O) groups excluding carboxylic acids is 1. The lowest BCUT2D eigenvalue weighted by Gasteiger charge is -2.21. The molecule has 4 heteroatoms. The number of fused-ring (bicyclic) bond motifs is 3. The normalized spacial score (nSPS) is 16.4. The van der Waals surface area contributed by atoms with Gasteiger partial charge in [0.05, 0.1) is 13.0 Å². The molecule has 1 N–H and O–H groups in total. The Bertz CT molecular complexity index is 898. The third-order valence-electron chi connectivity index (χ3n) is 4.90. The zero-order valence-electron chi connectivity index (χ0n) is 14.2. The first kappa shape index (κ1) is 15.8. The topological polar surface area (TPSA) is 51.3 Å². The van der Waals surface area contributed by atoms with Crippen LogP contribution >= 0.6 is 0 Å². The van der Waals surface area contributed by atoms with Crippen molar-refractivity contribution in [3.05, 3.63) is 65.4 Å². The van der Waals surface area contributed by atoms with Crippen LogP contribution in [0.15, 0.2) is 48.5 Å². The molecule has 0 spiro atoms. The first-order chi connectivity index (χ1) is 12.3. The van der Waals surface area contributed by atoms with Gasteiger partial charge in [-0.15, -0.1) is 0 Å². The molecule has 1 heterocycles. The van der Waals surface area contributed by atoms with Gasteiger partial charge in [0.1, 0.15) is 12.4 Å². The van der Waals surface area contributed by atoms with Gasteiger partial charge in [0, 0.05) is 16.6 Å². The molecule has 1 aliphatic carbocycles. The van der Waals surface area contributed by atoms with Crippen LogP contribution < -0.4 is 4.74 Å². The lowest BCUT2D eigenvalue weighted by molar-refractivity contribution is -0.147. The van der Waals surface area contributed by atoms with Crippen molar-refractivity contribution in [1.82, 2.24) is 4.98 Å². The smallest absolute Gasteiger partial charge is 0.313 e. The van der Waals surface area contributed by atoms with Crippen LogP contribution in [-0.2, 0) is 22.6 Å². The fourth-order valence-corrected chi connectivity index (χ4v) is 3.66. The first-order valence-electron chi connectivity index (χ1n) is 8.65. The highest BCUT2D eigenvalue weighted by Crippen LogP contribution is 2.39. The van der Waals surface area contributed by atoms with E-state index in [1.54, 1.807) is 7.11 Å². The molecule has 0 bridgehead atoms. The first-order valence-corrected chi connectivity index (χ1v) is 8.65. The predicted octanol–water partition coefficient (Wildman–Crippen LogP) is 4.34. The van der Waals surface area contributed by atoms with Gasteiger partial charge < -0.3 is 14.5 Å². The molecule has 4 rings (SSSR count). The molecule has 2 aromatic carbocycles. The molecule has 128 valence electrons. The highest BCUT2D eigenvalue weighted by molar-refractivity contribution is 5.92.